The van der Waals surface area contributed by atoms with Gasteiger partial charge in [-0.15, -0.1) is 0 Å². The molecule has 0 aliphatic heterocycles. The quantitative estimate of drug-likeness (QED) is 0.592. The lowest BCUT2D eigenvalue weighted by Gasteiger charge is -2.03. The van der Waals surface area contributed by atoms with E-state index >= 15 is 0 Å². The summed E-state index contributed by atoms with van der Waals surface area (Å²) in [5, 5.41) is 3.42. The van der Waals surface area contributed by atoms with Crippen molar-refractivity contribution in [2.45, 2.75) is 34.2 Å². The van der Waals surface area contributed by atoms with E-state index in [0.29, 0.717) is 0 Å². The first-order valence-electron chi connectivity index (χ1n) is 5.48. The van der Waals surface area contributed by atoms with Gasteiger partial charge in [-0.05, 0) is 39.3 Å². The van der Waals surface area contributed by atoms with Crippen LogP contribution in [0.3, 0.4) is 0 Å². The van der Waals surface area contributed by atoms with Crippen LogP contribution in [0.5, 0.6) is 0 Å². The highest BCUT2D eigenvalue weighted by molar-refractivity contribution is 5.26. The maximum Gasteiger partial charge on any atom is 0.0226 e. The highest BCUT2D eigenvalue weighted by Crippen LogP contribution is 2.12. The predicted octanol–water partition coefficient (Wildman–Crippen LogP) is 2.70. The Labute approximate surface area is 93.0 Å². The summed E-state index contributed by atoms with van der Waals surface area (Å²) >= 11 is 0. The van der Waals surface area contributed by atoms with E-state index in [0.717, 1.165) is 13.1 Å². The van der Waals surface area contributed by atoms with Crippen molar-refractivity contribution in [3.8, 4) is 0 Å². The summed E-state index contributed by atoms with van der Waals surface area (Å²) in [5.74, 6) is 0. The van der Waals surface area contributed by atoms with Crippen LogP contribution in [0, 0.1) is 13.8 Å². The number of hydrogen-bond donors (Lipinski definition) is 1. The highest BCUT2D eigenvalue weighted by Gasteiger charge is 2.04. The van der Waals surface area contributed by atoms with E-state index in [1.807, 2.05) is 0 Å². The third-order valence-corrected chi connectivity index (χ3v) is 2.85. The smallest absolute Gasteiger partial charge is 0.0226 e. The van der Waals surface area contributed by atoms with Gasteiger partial charge < -0.3 is 9.88 Å². The van der Waals surface area contributed by atoms with Gasteiger partial charge in [0.2, 0.25) is 0 Å². The predicted molar refractivity (Wildman–Crippen MR) is 66.0 cm³/mol. The number of aromatic nitrogens is 1. The summed E-state index contributed by atoms with van der Waals surface area (Å²) < 4.78 is 2.23. The Hall–Kier alpha value is -1.02. The number of nitrogens with zero attached hydrogens (tertiary/aromatic N) is 1. The van der Waals surface area contributed by atoms with Gasteiger partial charge in [-0.3, -0.25) is 0 Å². The van der Waals surface area contributed by atoms with E-state index in [2.05, 4.69) is 56.8 Å². The van der Waals surface area contributed by atoms with Crippen molar-refractivity contribution in [3.05, 3.63) is 34.7 Å². The fraction of sp³-hybridized carbons (Fsp3) is 0.538. The van der Waals surface area contributed by atoms with Crippen LogP contribution < -0.4 is 5.32 Å². The normalized spacial score (nSPS) is 10.5. The summed E-state index contributed by atoms with van der Waals surface area (Å²) in [6, 6.07) is 2.25. The van der Waals surface area contributed by atoms with Gasteiger partial charge in [-0.25, -0.2) is 0 Å². The van der Waals surface area contributed by atoms with Crippen molar-refractivity contribution in [1.82, 2.24) is 9.88 Å². The van der Waals surface area contributed by atoms with Crippen LogP contribution >= 0.6 is 0 Å². The molecule has 0 atom stereocenters. The van der Waals surface area contributed by atoms with Crippen LogP contribution in [0.4, 0.5) is 0 Å². The zero-order valence-corrected chi connectivity index (χ0v) is 10.5. The molecule has 0 aliphatic rings. The molecule has 1 aromatic heterocycles. The molecule has 0 fully saturated rings. The fourth-order valence-corrected chi connectivity index (χ4v) is 1.60. The molecule has 1 aromatic rings. The molecule has 15 heavy (non-hydrogen) atoms. The van der Waals surface area contributed by atoms with E-state index in [4.69, 9.17) is 0 Å². The Morgan fingerprint density at radius 2 is 2.07 bits per heavy atom. The summed E-state index contributed by atoms with van der Waals surface area (Å²) in [4.78, 5) is 0. The Balaban J connectivity index is 2.51. The molecule has 0 aliphatic carbocycles. The lowest BCUT2D eigenvalue weighted by Crippen LogP contribution is -2.13. The van der Waals surface area contributed by atoms with E-state index in [1.54, 1.807) is 0 Å². The van der Waals surface area contributed by atoms with Crippen LogP contribution in [-0.4, -0.2) is 11.1 Å². The van der Waals surface area contributed by atoms with Crippen LogP contribution in [0.2, 0.25) is 0 Å². The molecule has 0 unspecified atom stereocenters. The first-order valence-corrected chi connectivity index (χ1v) is 5.48. The van der Waals surface area contributed by atoms with Crippen molar-refractivity contribution < 1.29 is 0 Å². The number of rotatable bonds is 4. The van der Waals surface area contributed by atoms with Gasteiger partial charge in [0.05, 0.1) is 0 Å². The zero-order valence-electron chi connectivity index (χ0n) is 10.5. The fourth-order valence-electron chi connectivity index (χ4n) is 1.60. The summed E-state index contributed by atoms with van der Waals surface area (Å²) in [5.41, 5.74) is 5.45. The molecule has 1 rings (SSSR count). The summed E-state index contributed by atoms with van der Waals surface area (Å²) in [6.45, 7) is 10.5. The number of aryl methyl sites for hydroxylation is 1. The van der Waals surface area contributed by atoms with Gasteiger partial charge in [-0.1, -0.05) is 11.6 Å². The number of allylic oxidation sites excluding steroid dienone is 1. The minimum Gasteiger partial charge on any atom is -0.352 e. The molecular formula is C13H22N2. The first-order chi connectivity index (χ1) is 7.02. The van der Waals surface area contributed by atoms with E-state index in [9.17, 15) is 0 Å². The maximum atomic E-state index is 3.42. The lowest BCUT2D eigenvalue weighted by molar-refractivity contribution is 0.744. The molecule has 0 aromatic carbocycles. The minimum atomic E-state index is 0.954. The largest absolute Gasteiger partial charge is 0.352 e. The third kappa shape index (κ3) is 3.24. The Kier molecular flexibility index (Phi) is 4.15. The van der Waals surface area contributed by atoms with Gasteiger partial charge in [0, 0.05) is 31.5 Å². The van der Waals surface area contributed by atoms with Crippen molar-refractivity contribution in [1.29, 1.82) is 0 Å². The monoisotopic (exact) mass is 206 g/mol. The van der Waals surface area contributed by atoms with Gasteiger partial charge >= 0.3 is 0 Å². The molecule has 0 spiro atoms. The maximum absolute atomic E-state index is 3.42. The molecule has 0 bridgehead atoms. The zero-order chi connectivity index (χ0) is 11.4. The minimum absolute atomic E-state index is 0.954. The van der Waals surface area contributed by atoms with Crippen LogP contribution in [-0.2, 0) is 13.6 Å². The molecule has 0 amide bonds. The van der Waals surface area contributed by atoms with Gasteiger partial charge in [0.15, 0.2) is 0 Å². The summed E-state index contributed by atoms with van der Waals surface area (Å²) in [6.07, 6.45) is 2.21. The average Bonchev–Trinajstić information content (AvgIpc) is 2.41. The van der Waals surface area contributed by atoms with E-state index in [1.165, 1.54) is 22.5 Å². The van der Waals surface area contributed by atoms with Crippen LogP contribution in [0.1, 0.15) is 30.8 Å². The van der Waals surface area contributed by atoms with E-state index < -0.39 is 0 Å². The Morgan fingerprint density at radius 3 is 2.53 bits per heavy atom. The second-order valence-electron chi connectivity index (χ2n) is 4.37. The molecular weight excluding hydrogens is 184 g/mol. The molecule has 0 radical (unpaired) electrons. The molecule has 1 N–H and O–H groups in total. The van der Waals surface area contributed by atoms with Gasteiger partial charge in [0.1, 0.15) is 0 Å². The molecule has 2 heteroatoms. The Bertz CT molecular complexity index is 355. The lowest BCUT2D eigenvalue weighted by atomic mass is 10.2. The molecule has 0 saturated carbocycles. The standard InChI is InChI=1S/C13H22N2/c1-10(2)6-7-14-9-13-8-11(3)15(5)12(13)4/h6,8,14H,7,9H2,1-5H3. The third-order valence-electron chi connectivity index (χ3n) is 2.85. The van der Waals surface area contributed by atoms with Crippen molar-refractivity contribution in [3.63, 3.8) is 0 Å². The molecule has 1 heterocycles. The average molecular weight is 206 g/mol. The second-order valence-corrected chi connectivity index (χ2v) is 4.37. The van der Waals surface area contributed by atoms with Crippen molar-refractivity contribution in [2.24, 2.45) is 7.05 Å². The van der Waals surface area contributed by atoms with Crippen molar-refractivity contribution >= 4 is 0 Å². The molecule has 2 nitrogen and oxygen atoms in total. The first kappa shape index (κ1) is 12.1. The van der Waals surface area contributed by atoms with Crippen molar-refractivity contribution in [2.75, 3.05) is 6.54 Å². The molecule has 0 saturated heterocycles. The highest BCUT2D eigenvalue weighted by atomic mass is 15.0. The van der Waals surface area contributed by atoms with Crippen LogP contribution in [0.25, 0.3) is 0 Å². The van der Waals surface area contributed by atoms with E-state index in [-0.39, 0.29) is 0 Å². The van der Waals surface area contributed by atoms with Gasteiger partial charge in [0.25, 0.3) is 0 Å². The summed E-state index contributed by atoms with van der Waals surface area (Å²) in [7, 11) is 2.12. The van der Waals surface area contributed by atoms with Gasteiger partial charge in [-0.2, -0.15) is 0 Å². The second kappa shape index (κ2) is 5.17. The number of hydrogen-bond acceptors (Lipinski definition) is 1. The number of nitrogens with one attached hydrogen (secondary N) is 1. The Morgan fingerprint density at radius 1 is 1.40 bits per heavy atom. The topological polar surface area (TPSA) is 17.0 Å². The van der Waals surface area contributed by atoms with Crippen LogP contribution in [0.15, 0.2) is 17.7 Å². The molecule has 84 valence electrons. The SMILES string of the molecule is CC(C)=CCNCc1cc(C)n(C)c1C.